The van der Waals surface area contributed by atoms with E-state index in [0.29, 0.717) is 22.3 Å². The van der Waals surface area contributed by atoms with Gasteiger partial charge in [-0.05, 0) is 42.8 Å². The summed E-state index contributed by atoms with van der Waals surface area (Å²) in [4.78, 5) is 35.8. The van der Waals surface area contributed by atoms with Gasteiger partial charge in [0.15, 0.2) is 5.43 Å². The fraction of sp³-hybridized carbons (Fsp3) is 0.0952. The minimum atomic E-state index is -0.398. The Kier molecular flexibility index (Phi) is 5.17. The lowest BCUT2D eigenvalue weighted by Gasteiger charge is -2.09. The predicted molar refractivity (Wildman–Crippen MR) is 106 cm³/mol. The van der Waals surface area contributed by atoms with E-state index in [0.717, 1.165) is 5.56 Å². The fourth-order valence-corrected chi connectivity index (χ4v) is 2.59. The third-order valence-corrected chi connectivity index (χ3v) is 3.94. The monoisotopic (exact) mass is 362 g/mol. The summed E-state index contributed by atoms with van der Waals surface area (Å²) in [6, 6.07) is 12.1. The zero-order valence-corrected chi connectivity index (χ0v) is 14.9. The molecule has 3 aromatic rings. The number of carbonyl (C=O) groups excluding carboxylic acids is 2. The van der Waals surface area contributed by atoms with Crippen LogP contribution in [0.3, 0.4) is 0 Å². The summed E-state index contributed by atoms with van der Waals surface area (Å²) in [5.74, 6) is -0.593. The minimum Gasteiger partial charge on any atom is -0.463 e. The molecule has 0 fully saturated rings. The van der Waals surface area contributed by atoms with E-state index in [1.165, 1.54) is 25.3 Å². The van der Waals surface area contributed by atoms with Crippen molar-refractivity contribution in [1.82, 2.24) is 0 Å². The number of anilines is 2. The maximum Gasteiger partial charge on any atom is 0.248 e. The average Bonchev–Trinajstić information content (AvgIpc) is 2.64. The molecule has 6 heteroatoms. The van der Waals surface area contributed by atoms with Crippen molar-refractivity contribution in [3.05, 3.63) is 76.2 Å². The molecule has 1 aromatic heterocycles. The first-order valence-electron chi connectivity index (χ1n) is 8.32. The van der Waals surface area contributed by atoms with E-state index in [4.69, 9.17) is 4.42 Å². The van der Waals surface area contributed by atoms with Crippen molar-refractivity contribution in [2.75, 3.05) is 10.6 Å². The largest absolute Gasteiger partial charge is 0.463 e. The molecular weight excluding hydrogens is 344 g/mol. The topological polar surface area (TPSA) is 88.4 Å². The Bertz CT molecular complexity index is 1110. The summed E-state index contributed by atoms with van der Waals surface area (Å²) in [5, 5.41) is 5.86. The number of fused-ring (bicyclic) bond motifs is 1. The second-order valence-electron chi connectivity index (χ2n) is 6.05. The van der Waals surface area contributed by atoms with Crippen molar-refractivity contribution < 1.29 is 14.0 Å². The Balaban J connectivity index is 1.79. The van der Waals surface area contributed by atoms with Crippen LogP contribution in [0.1, 0.15) is 18.1 Å². The van der Waals surface area contributed by atoms with E-state index >= 15 is 0 Å². The highest BCUT2D eigenvalue weighted by atomic mass is 16.3. The molecule has 1 heterocycles. The first-order valence-corrected chi connectivity index (χ1v) is 8.32. The molecule has 0 unspecified atom stereocenters. The SMILES string of the molecule is CC(=O)Nc1ccc(C)c(NC(=O)/C=C/c2coc3ccccc3c2=O)c1. The third-order valence-electron chi connectivity index (χ3n) is 3.94. The lowest BCUT2D eigenvalue weighted by molar-refractivity contribution is -0.114. The molecule has 0 bridgehead atoms. The molecule has 2 aromatic carbocycles. The van der Waals surface area contributed by atoms with Crippen molar-refractivity contribution in [3.63, 3.8) is 0 Å². The molecule has 0 atom stereocenters. The highest BCUT2D eigenvalue weighted by Gasteiger charge is 2.07. The van der Waals surface area contributed by atoms with Crippen LogP contribution in [0, 0.1) is 6.92 Å². The molecule has 2 N–H and O–H groups in total. The van der Waals surface area contributed by atoms with E-state index in [9.17, 15) is 14.4 Å². The van der Waals surface area contributed by atoms with Crippen LogP contribution < -0.4 is 16.1 Å². The van der Waals surface area contributed by atoms with Gasteiger partial charge in [-0.3, -0.25) is 14.4 Å². The summed E-state index contributed by atoms with van der Waals surface area (Å²) < 4.78 is 5.42. The molecule has 3 rings (SSSR count). The molecule has 0 aliphatic rings. The van der Waals surface area contributed by atoms with Crippen LogP contribution >= 0.6 is 0 Å². The fourth-order valence-electron chi connectivity index (χ4n) is 2.59. The Morgan fingerprint density at radius 2 is 1.85 bits per heavy atom. The van der Waals surface area contributed by atoms with Gasteiger partial charge in [0.1, 0.15) is 11.8 Å². The van der Waals surface area contributed by atoms with Crippen molar-refractivity contribution in [2.24, 2.45) is 0 Å². The number of benzene rings is 2. The zero-order valence-electron chi connectivity index (χ0n) is 14.9. The van der Waals surface area contributed by atoms with Gasteiger partial charge in [0.05, 0.1) is 10.9 Å². The van der Waals surface area contributed by atoms with Gasteiger partial charge < -0.3 is 15.1 Å². The van der Waals surface area contributed by atoms with Gasteiger partial charge in [0.25, 0.3) is 0 Å². The molecule has 2 amide bonds. The van der Waals surface area contributed by atoms with Crippen LogP contribution in [0.2, 0.25) is 0 Å². The molecule has 6 nitrogen and oxygen atoms in total. The highest BCUT2D eigenvalue weighted by molar-refractivity contribution is 6.03. The summed E-state index contributed by atoms with van der Waals surface area (Å²) in [6.45, 7) is 3.25. The van der Waals surface area contributed by atoms with Gasteiger partial charge in [-0.15, -0.1) is 0 Å². The Morgan fingerprint density at radius 1 is 1.07 bits per heavy atom. The number of carbonyl (C=O) groups is 2. The van der Waals surface area contributed by atoms with E-state index < -0.39 is 5.91 Å². The molecular formula is C21H18N2O4. The van der Waals surface area contributed by atoms with Crippen LogP contribution in [0.25, 0.3) is 17.0 Å². The number of hydrogen-bond donors (Lipinski definition) is 2. The second-order valence-corrected chi connectivity index (χ2v) is 6.05. The molecule has 136 valence electrons. The smallest absolute Gasteiger partial charge is 0.248 e. The van der Waals surface area contributed by atoms with Crippen LogP contribution in [0.5, 0.6) is 0 Å². The van der Waals surface area contributed by atoms with E-state index in [1.54, 1.807) is 42.5 Å². The first kappa shape index (κ1) is 18.1. The van der Waals surface area contributed by atoms with Crippen molar-refractivity contribution in [2.45, 2.75) is 13.8 Å². The zero-order chi connectivity index (χ0) is 19.4. The maximum absolute atomic E-state index is 12.4. The lowest BCUT2D eigenvalue weighted by atomic mass is 10.1. The Labute approximate surface area is 155 Å². The first-order chi connectivity index (χ1) is 12.9. The van der Waals surface area contributed by atoms with Crippen LogP contribution in [-0.2, 0) is 9.59 Å². The normalized spacial score (nSPS) is 10.9. The Hall–Kier alpha value is -3.67. The van der Waals surface area contributed by atoms with Gasteiger partial charge in [-0.25, -0.2) is 0 Å². The van der Waals surface area contributed by atoms with Crippen LogP contribution in [0.4, 0.5) is 11.4 Å². The van der Waals surface area contributed by atoms with Crippen LogP contribution in [-0.4, -0.2) is 11.8 Å². The summed E-state index contributed by atoms with van der Waals surface area (Å²) >= 11 is 0. The van der Waals surface area contributed by atoms with Gasteiger partial charge in [0.2, 0.25) is 11.8 Å². The summed E-state index contributed by atoms with van der Waals surface area (Å²) in [6.07, 6.45) is 4.02. The maximum atomic E-state index is 12.4. The summed E-state index contributed by atoms with van der Waals surface area (Å²) in [7, 11) is 0. The molecule has 0 saturated heterocycles. The number of hydrogen-bond acceptors (Lipinski definition) is 4. The predicted octanol–water partition coefficient (Wildman–Crippen LogP) is 3.71. The standard InChI is InChI=1S/C21H18N2O4/c1-13-7-9-16(22-14(2)24)11-18(13)23-20(25)10-8-15-12-27-19-6-4-3-5-17(19)21(15)26/h3-12H,1-2H3,(H,22,24)(H,23,25)/b10-8+. The number of amides is 2. The van der Waals surface area contributed by atoms with E-state index in [-0.39, 0.29) is 16.9 Å². The van der Waals surface area contributed by atoms with Crippen molar-refractivity contribution >= 4 is 40.2 Å². The lowest BCUT2D eigenvalue weighted by Crippen LogP contribution is -2.11. The number of para-hydroxylation sites is 1. The van der Waals surface area contributed by atoms with Gasteiger partial charge in [0, 0.05) is 24.4 Å². The molecule has 0 spiro atoms. The van der Waals surface area contributed by atoms with Crippen molar-refractivity contribution in [1.29, 1.82) is 0 Å². The number of aryl methyl sites for hydroxylation is 1. The van der Waals surface area contributed by atoms with Gasteiger partial charge in [-0.2, -0.15) is 0 Å². The molecule has 0 aliphatic carbocycles. The average molecular weight is 362 g/mol. The second kappa shape index (κ2) is 7.70. The molecule has 27 heavy (non-hydrogen) atoms. The molecule has 0 aliphatic heterocycles. The molecule has 0 saturated carbocycles. The highest BCUT2D eigenvalue weighted by Crippen LogP contribution is 2.20. The Morgan fingerprint density at radius 3 is 2.63 bits per heavy atom. The number of nitrogens with one attached hydrogen (secondary N) is 2. The van der Waals surface area contributed by atoms with E-state index in [1.807, 2.05) is 6.92 Å². The minimum absolute atomic E-state index is 0.195. The van der Waals surface area contributed by atoms with E-state index in [2.05, 4.69) is 10.6 Å². The van der Waals surface area contributed by atoms with Crippen LogP contribution in [0.15, 0.2) is 64.0 Å². The van der Waals surface area contributed by atoms with Gasteiger partial charge >= 0.3 is 0 Å². The molecule has 0 radical (unpaired) electrons. The van der Waals surface area contributed by atoms with Gasteiger partial charge in [-0.1, -0.05) is 18.2 Å². The quantitative estimate of drug-likeness (QED) is 0.693. The summed E-state index contributed by atoms with van der Waals surface area (Å²) in [5.41, 5.74) is 2.58. The number of rotatable bonds is 4. The third kappa shape index (κ3) is 4.30. The van der Waals surface area contributed by atoms with Crippen molar-refractivity contribution in [3.8, 4) is 0 Å².